The first kappa shape index (κ1) is 18.1. The van der Waals surface area contributed by atoms with Crippen LogP contribution in [0.3, 0.4) is 0 Å². The van der Waals surface area contributed by atoms with Gasteiger partial charge in [-0.15, -0.1) is 0 Å². The molecule has 9 nitrogen and oxygen atoms in total. The Hall–Kier alpha value is -1.71. The maximum Gasteiger partial charge on any atom is 0.342 e. The van der Waals surface area contributed by atoms with Crippen molar-refractivity contribution in [2.24, 2.45) is 28.1 Å². The first-order valence-corrected chi connectivity index (χ1v) is 10.1. The van der Waals surface area contributed by atoms with E-state index in [1.165, 1.54) is 6.92 Å². The molecule has 4 aliphatic heterocycles. The molecule has 4 saturated heterocycles. The van der Waals surface area contributed by atoms with Gasteiger partial charge in [-0.1, -0.05) is 20.8 Å². The molecule has 0 radical (unpaired) electrons. The molecule has 29 heavy (non-hydrogen) atoms. The molecule has 10 atom stereocenters. The van der Waals surface area contributed by atoms with E-state index in [9.17, 15) is 24.6 Å². The lowest BCUT2D eigenvalue weighted by Crippen LogP contribution is -2.66. The van der Waals surface area contributed by atoms with Gasteiger partial charge >= 0.3 is 17.9 Å². The van der Waals surface area contributed by atoms with Gasteiger partial charge in [-0.25, -0.2) is 9.59 Å². The van der Waals surface area contributed by atoms with Crippen molar-refractivity contribution in [1.29, 1.82) is 0 Å². The number of aliphatic hydroxyl groups is 2. The summed E-state index contributed by atoms with van der Waals surface area (Å²) in [6.07, 6.45) is -3.96. The van der Waals surface area contributed by atoms with Crippen molar-refractivity contribution >= 4 is 17.9 Å². The van der Waals surface area contributed by atoms with Crippen molar-refractivity contribution in [3.8, 4) is 0 Å². The highest BCUT2D eigenvalue weighted by molar-refractivity contribution is 5.93. The molecule has 1 unspecified atom stereocenters. The lowest BCUT2D eigenvalue weighted by atomic mass is 9.51. The maximum absolute atomic E-state index is 13.3. The molecule has 2 N–H and O–H groups in total. The lowest BCUT2D eigenvalue weighted by molar-refractivity contribution is -0.238. The van der Waals surface area contributed by atoms with Gasteiger partial charge in [0.1, 0.15) is 12.2 Å². The highest BCUT2D eigenvalue weighted by atomic mass is 16.8. The van der Waals surface area contributed by atoms with E-state index in [-0.39, 0.29) is 17.8 Å². The third-order valence-corrected chi connectivity index (χ3v) is 8.97. The van der Waals surface area contributed by atoms with Crippen LogP contribution in [0.25, 0.3) is 0 Å². The monoisotopic (exact) mass is 408 g/mol. The van der Waals surface area contributed by atoms with E-state index in [4.69, 9.17) is 18.9 Å². The fourth-order valence-electron chi connectivity index (χ4n) is 8.06. The fraction of sp³-hybridized carbons (Fsp3) is 0.850. The van der Waals surface area contributed by atoms with Crippen LogP contribution >= 0.6 is 0 Å². The number of ether oxygens (including phenoxy) is 4. The Balaban J connectivity index is 1.68. The average molecular weight is 408 g/mol. The van der Waals surface area contributed by atoms with Gasteiger partial charge in [0.05, 0.1) is 16.7 Å². The van der Waals surface area contributed by atoms with E-state index in [1.807, 2.05) is 20.8 Å². The predicted molar refractivity (Wildman–Crippen MR) is 90.6 cm³/mol. The Morgan fingerprint density at radius 3 is 2.38 bits per heavy atom. The van der Waals surface area contributed by atoms with Crippen LogP contribution in [0.1, 0.15) is 40.5 Å². The summed E-state index contributed by atoms with van der Waals surface area (Å²) in [7, 11) is 0. The molecular formula is C20H24O9. The highest BCUT2D eigenvalue weighted by Crippen LogP contribution is 2.84. The largest absolute Gasteiger partial charge is 0.459 e. The molecule has 0 bridgehead atoms. The minimum Gasteiger partial charge on any atom is -0.459 e. The average Bonchev–Trinajstić information content (AvgIpc) is 3.31. The van der Waals surface area contributed by atoms with Gasteiger partial charge in [0.25, 0.3) is 0 Å². The number of carbonyl (C=O) groups excluding carboxylic acids is 3. The third kappa shape index (κ3) is 1.35. The van der Waals surface area contributed by atoms with Crippen molar-refractivity contribution in [3.05, 3.63) is 0 Å². The summed E-state index contributed by atoms with van der Waals surface area (Å²) in [5.74, 6) is -3.52. The van der Waals surface area contributed by atoms with E-state index < -0.39 is 70.5 Å². The third-order valence-electron chi connectivity index (χ3n) is 8.97. The summed E-state index contributed by atoms with van der Waals surface area (Å²) in [5.41, 5.74) is -6.81. The Bertz CT molecular complexity index is 893. The van der Waals surface area contributed by atoms with Gasteiger partial charge in [-0.2, -0.15) is 0 Å². The van der Waals surface area contributed by atoms with Gasteiger partial charge < -0.3 is 29.2 Å². The zero-order valence-corrected chi connectivity index (χ0v) is 16.6. The zero-order valence-electron chi connectivity index (χ0n) is 16.6. The minimum absolute atomic E-state index is 0.0623. The number of hydrogen-bond acceptors (Lipinski definition) is 9. The highest BCUT2D eigenvalue weighted by Gasteiger charge is 3.01. The molecule has 0 aromatic rings. The number of rotatable bonds is 0. The van der Waals surface area contributed by atoms with Crippen molar-refractivity contribution < 1.29 is 43.5 Å². The predicted octanol–water partition coefficient (Wildman–Crippen LogP) is -0.340. The summed E-state index contributed by atoms with van der Waals surface area (Å²) in [5, 5.41) is 23.0. The Kier molecular flexibility index (Phi) is 2.79. The summed E-state index contributed by atoms with van der Waals surface area (Å²) in [6, 6.07) is 0. The number of aliphatic hydroxyl groups excluding tert-OH is 1. The molecule has 0 aromatic carbocycles. The van der Waals surface area contributed by atoms with Crippen LogP contribution < -0.4 is 0 Å². The quantitative estimate of drug-likeness (QED) is 0.408. The molecule has 158 valence electrons. The SMILES string of the molecule is C[C@@H]1C(=O)O[C@H]2C[C@@]34[C@H]5C[C@@H](C(C)(C)C)C36[C@@H](OC(=O)[C@@H]6O)O[C@@]4(C(=O)O5)[C@]21O. The summed E-state index contributed by atoms with van der Waals surface area (Å²) in [6.45, 7) is 7.47. The van der Waals surface area contributed by atoms with Gasteiger partial charge in [0.15, 0.2) is 11.7 Å². The topological polar surface area (TPSA) is 129 Å². The van der Waals surface area contributed by atoms with Crippen LogP contribution in [0.15, 0.2) is 0 Å². The van der Waals surface area contributed by atoms with E-state index >= 15 is 0 Å². The normalized spacial score (nSPS) is 59.2. The van der Waals surface area contributed by atoms with Gasteiger partial charge in [-0.3, -0.25) is 4.79 Å². The van der Waals surface area contributed by atoms with Crippen LogP contribution in [0.5, 0.6) is 0 Å². The number of fused-ring (bicyclic) bond motifs is 1. The second-order valence-electron chi connectivity index (χ2n) is 10.6. The van der Waals surface area contributed by atoms with E-state index in [2.05, 4.69) is 0 Å². The van der Waals surface area contributed by atoms with Gasteiger partial charge in [-0.05, 0) is 24.7 Å². The standard InChI is InChI=1S/C20H24O9/c1-7-12(22)26-10-6-17-9-5-8(16(2,3)4)18(17)11(21)13(23)28-15(18)29-20(17,14(24)27-9)19(7,10)25/h7-11,15,21,25H,5-6H2,1-4H3/t7-,8+,9-,10+,11+,15+,17-,18?,19-,20-/m1/s1. The first-order chi connectivity index (χ1) is 13.4. The van der Waals surface area contributed by atoms with Crippen LogP contribution in [0, 0.1) is 28.1 Å². The number of esters is 3. The zero-order chi connectivity index (χ0) is 20.9. The lowest BCUT2D eigenvalue weighted by Gasteiger charge is -2.46. The summed E-state index contributed by atoms with van der Waals surface area (Å²) < 4.78 is 22.9. The van der Waals surface area contributed by atoms with Crippen LogP contribution in [0.2, 0.25) is 0 Å². The molecule has 6 aliphatic rings. The molecule has 2 saturated carbocycles. The number of hydrogen-bond donors (Lipinski definition) is 2. The summed E-state index contributed by atoms with van der Waals surface area (Å²) in [4.78, 5) is 38.1. The fourth-order valence-corrected chi connectivity index (χ4v) is 8.06. The van der Waals surface area contributed by atoms with E-state index in [0.29, 0.717) is 6.42 Å². The molecule has 0 amide bonds. The Morgan fingerprint density at radius 1 is 1.03 bits per heavy atom. The Morgan fingerprint density at radius 2 is 1.72 bits per heavy atom. The first-order valence-electron chi connectivity index (χ1n) is 10.1. The van der Waals surface area contributed by atoms with E-state index in [1.54, 1.807) is 0 Å². The molecule has 0 aromatic heterocycles. The van der Waals surface area contributed by atoms with Crippen molar-refractivity contribution in [2.45, 2.75) is 76.3 Å². The van der Waals surface area contributed by atoms with Crippen LogP contribution in [-0.2, 0) is 33.3 Å². The van der Waals surface area contributed by atoms with Crippen molar-refractivity contribution in [3.63, 3.8) is 0 Å². The Labute approximate surface area is 166 Å². The van der Waals surface area contributed by atoms with E-state index in [0.717, 1.165) is 0 Å². The smallest absolute Gasteiger partial charge is 0.342 e. The molecule has 6 fully saturated rings. The van der Waals surface area contributed by atoms with Gasteiger partial charge in [0, 0.05) is 6.42 Å². The summed E-state index contributed by atoms with van der Waals surface area (Å²) >= 11 is 0. The second-order valence-corrected chi connectivity index (χ2v) is 10.6. The second kappa shape index (κ2) is 4.48. The molecule has 2 aliphatic carbocycles. The molecular weight excluding hydrogens is 384 g/mol. The molecule has 9 heteroatoms. The molecule has 2 spiro atoms. The number of carbonyl (C=O) groups is 3. The van der Waals surface area contributed by atoms with Crippen LogP contribution in [0.4, 0.5) is 0 Å². The molecule has 4 heterocycles. The van der Waals surface area contributed by atoms with Crippen LogP contribution in [-0.4, -0.2) is 63.9 Å². The van der Waals surface area contributed by atoms with Gasteiger partial charge in [0.2, 0.25) is 11.9 Å². The van der Waals surface area contributed by atoms with Crippen molar-refractivity contribution in [2.75, 3.05) is 0 Å². The molecule has 6 rings (SSSR count). The van der Waals surface area contributed by atoms with Crippen molar-refractivity contribution in [1.82, 2.24) is 0 Å². The maximum atomic E-state index is 13.3. The minimum atomic E-state index is -1.97.